The zero-order valence-electron chi connectivity index (χ0n) is 9.93. The molecule has 0 unspecified atom stereocenters. The summed E-state index contributed by atoms with van der Waals surface area (Å²) in [6.45, 7) is 1.24. The fraction of sp³-hybridized carbons (Fsp3) is 0.727. The van der Waals surface area contributed by atoms with Crippen molar-refractivity contribution in [2.45, 2.75) is 19.3 Å². The number of carbonyl (C=O) groups is 2. The van der Waals surface area contributed by atoms with Crippen molar-refractivity contribution in [3.63, 3.8) is 0 Å². The Morgan fingerprint density at radius 3 is 2.88 bits per heavy atom. The van der Waals surface area contributed by atoms with Crippen LogP contribution in [0.15, 0.2) is 0 Å². The molecule has 0 spiro atoms. The van der Waals surface area contributed by atoms with Crippen molar-refractivity contribution in [3.8, 4) is 6.07 Å². The number of likely N-dealkylation sites (tertiary alicyclic amines) is 1. The lowest BCUT2D eigenvalue weighted by Gasteiger charge is -2.33. The van der Waals surface area contributed by atoms with Gasteiger partial charge in [0.25, 0.3) is 0 Å². The van der Waals surface area contributed by atoms with Gasteiger partial charge < -0.3 is 14.9 Å². The first kappa shape index (κ1) is 13.3. The zero-order valence-corrected chi connectivity index (χ0v) is 9.93. The second-order valence-corrected chi connectivity index (χ2v) is 4.24. The average Bonchev–Trinajstić information content (AvgIpc) is 2.35. The first-order valence-electron chi connectivity index (χ1n) is 5.66. The Bertz CT molecular complexity index is 337. The molecule has 1 aliphatic heterocycles. The van der Waals surface area contributed by atoms with Crippen LogP contribution in [0.1, 0.15) is 19.3 Å². The Kier molecular flexibility index (Phi) is 4.76. The van der Waals surface area contributed by atoms with E-state index in [1.165, 1.54) is 4.90 Å². The quantitative estimate of drug-likeness (QED) is 0.787. The number of rotatable bonds is 3. The summed E-state index contributed by atoms with van der Waals surface area (Å²) in [6.07, 6.45) is 1.63. The number of piperidine rings is 1. The van der Waals surface area contributed by atoms with Gasteiger partial charge in [-0.25, -0.2) is 4.79 Å². The van der Waals surface area contributed by atoms with E-state index in [1.807, 2.05) is 6.07 Å². The fourth-order valence-corrected chi connectivity index (χ4v) is 1.91. The Morgan fingerprint density at radius 1 is 1.59 bits per heavy atom. The lowest BCUT2D eigenvalue weighted by atomic mass is 9.99. The number of carboxylic acid groups (broad SMARTS) is 1. The molecule has 17 heavy (non-hydrogen) atoms. The number of amides is 2. The molecule has 1 rings (SSSR count). The van der Waals surface area contributed by atoms with Crippen molar-refractivity contribution < 1.29 is 14.7 Å². The molecule has 0 aromatic heterocycles. The first-order valence-corrected chi connectivity index (χ1v) is 5.66. The normalized spacial score (nSPS) is 19.5. The molecule has 1 fully saturated rings. The molecule has 94 valence electrons. The molecule has 1 heterocycles. The third-order valence-corrected chi connectivity index (χ3v) is 2.93. The topological polar surface area (TPSA) is 84.6 Å². The Morgan fingerprint density at radius 2 is 2.29 bits per heavy atom. The highest BCUT2D eigenvalue weighted by atomic mass is 16.4. The summed E-state index contributed by atoms with van der Waals surface area (Å²) in [7, 11) is 1.63. The average molecular weight is 239 g/mol. The van der Waals surface area contributed by atoms with Crippen LogP contribution in [0.25, 0.3) is 0 Å². The highest BCUT2D eigenvalue weighted by Gasteiger charge is 2.29. The van der Waals surface area contributed by atoms with E-state index >= 15 is 0 Å². The maximum atomic E-state index is 11.9. The summed E-state index contributed by atoms with van der Waals surface area (Å²) < 4.78 is 0. The van der Waals surface area contributed by atoms with E-state index in [0.29, 0.717) is 25.9 Å². The summed E-state index contributed by atoms with van der Waals surface area (Å²) in [4.78, 5) is 25.8. The molecular formula is C11H17N3O3. The van der Waals surface area contributed by atoms with Gasteiger partial charge >= 0.3 is 12.0 Å². The summed E-state index contributed by atoms with van der Waals surface area (Å²) in [5.74, 6) is -1.31. The van der Waals surface area contributed by atoms with Gasteiger partial charge in [-0.05, 0) is 12.8 Å². The number of hydrogen-bond donors (Lipinski definition) is 1. The lowest BCUT2D eigenvalue weighted by Crippen LogP contribution is -2.47. The molecule has 1 aliphatic rings. The van der Waals surface area contributed by atoms with Crippen molar-refractivity contribution in [1.82, 2.24) is 9.80 Å². The number of carboxylic acids is 1. The zero-order chi connectivity index (χ0) is 12.8. The molecule has 2 amide bonds. The minimum Gasteiger partial charge on any atom is -0.481 e. The van der Waals surface area contributed by atoms with Crippen LogP contribution in [0.4, 0.5) is 4.79 Å². The number of hydrogen-bond acceptors (Lipinski definition) is 3. The van der Waals surface area contributed by atoms with Gasteiger partial charge in [-0.3, -0.25) is 4.79 Å². The van der Waals surface area contributed by atoms with E-state index in [9.17, 15) is 9.59 Å². The van der Waals surface area contributed by atoms with Crippen LogP contribution in [0.3, 0.4) is 0 Å². The van der Waals surface area contributed by atoms with Crippen molar-refractivity contribution in [3.05, 3.63) is 0 Å². The van der Waals surface area contributed by atoms with Crippen molar-refractivity contribution >= 4 is 12.0 Å². The third-order valence-electron chi connectivity index (χ3n) is 2.93. The van der Waals surface area contributed by atoms with E-state index < -0.39 is 11.9 Å². The second-order valence-electron chi connectivity index (χ2n) is 4.24. The smallest absolute Gasteiger partial charge is 0.319 e. The van der Waals surface area contributed by atoms with Crippen molar-refractivity contribution in [2.24, 2.45) is 5.92 Å². The molecule has 0 bridgehead atoms. The molecule has 1 atom stereocenters. The Balaban J connectivity index is 2.51. The fourth-order valence-electron chi connectivity index (χ4n) is 1.91. The van der Waals surface area contributed by atoms with Gasteiger partial charge in [-0.15, -0.1) is 0 Å². The minimum absolute atomic E-state index is 0.189. The maximum Gasteiger partial charge on any atom is 0.319 e. The van der Waals surface area contributed by atoms with Crippen LogP contribution < -0.4 is 0 Å². The standard InChI is InChI=1S/C11H17N3O3/c1-13(6-3-5-12)11(17)14-7-2-4-9(8-14)10(15)16/h9H,2-4,6-8H2,1H3,(H,15,16)/t9-/m1/s1. The monoisotopic (exact) mass is 239 g/mol. The van der Waals surface area contributed by atoms with Gasteiger partial charge in [-0.1, -0.05) is 0 Å². The lowest BCUT2D eigenvalue weighted by molar-refractivity contribution is -0.143. The second kappa shape index (κ2) is 6.09. The minimum atomic E-state index is -0.845. The van der Waals surface area contributed by atoms with Gasteiger partial charge in [0.1, 0.15) is 0 Å². The first-order chi connectivity index (χ1) is 8.06. The van der Waals surface area contributed by atoms with Crippen LogP contribution in [-0.2, 0) is 4.79 Å². The molecule has 0 aromatic rings. The van der Waals surface area contributed by atoms with E-state index in [-0.39, 0.29) is 12.6 Å². The van der Waals surface area contributed by atoms with Crippen molar-refractivity contribution in [1.29, 1.82) is 5.26 Å². The van der Waals surface area contributed by atoms with E-state index in [0.717, 1.165) is 6.42 Å². The summed E-state index contributed by atoms with van der Waals surface area (Å²) in [5, 5.41) is 17.4. The predicted octanol–water partition coefficient (Wildman–Crippen LogP) is 0.748. The summed E-state index contributed by atoms with van der Waals surface area (Å²) >= 11 is 0. The molecule has 0 aliphatic carbocycles. The van der Waals surface area contributed by atoms with Gasteiger partial charge in [-0.2, -0.15) is 5.26 Å². The summed E-state index contributed by atoms with van der Waals surface area (Å²) in [5.41, 5.74) is 0. The number of aliphatic carboxylic acids is 1. The molecule has 1 saturated heterocycles. The molecule has 0 saturated carbocycles. The number of nitriles is 1. The van der Waals surface area contributed by atoms with E-state index in [2.05, 4.69) is 0 Å². The third kappa shape index (κ3) is 3.63. The van der Waals surface area contributed by atoms with Crippen LogP contribution in [0.5, 0.6) is 0 Å². The Labute approximate surface area is 100 Å². The Hall–Kier alpha value is -1.77. The molecule has 1 N–H and O–H groups in total. The highest BCUT2D eigenvalue weighted by Crippen LogP contribution is 2.17. The van der Waals surface area contributed by atoms with Gasteiger partial charge in [0, 0.05) is 26.7 Å². The van der Waals surface area contributed by atoms with Gasteiger partial charge in [0.2, 0.25) is 0 Å². The largest absolute Gasteiger partial charge is 0.481 e. The highest BCUT2D eigenvalue weighted by molar-refractivity contribution is 5.76. The van der Waals surface area contributed by atoms with E-state index in [1.54, 1.807) is 11.9 Å². The van der Waals surface area contributed by atoms with Gasteiger partial charge in [0.15, 0.2) is 0 Å². The number of urea groups is 1. The number of carbonyl (C=O) groups excluding carboxylic acids is 1. The SMILES string of the molecule is CN(CCC#N)C(=O)N1CCC[C@@H](C(=O)O)C1. The molecule has 0 radical (unpaired) electrons. The van der Waals surface area contributed by atoms with Crippen LogP contribution in [-0.4, -0.2) is 53.6 Å². The van der Waals surface area contributed by atoms with Crippen LogP contribution in [0.2, 0.25) is 0 Å². The van der Waals surface area contributed by atoms with Gasteiger partial charge in [0.05, 0.1) is 18.4 Å². The molecule has 0 aromatic carbocycles. The maximum absolute atomic E-state index is 11.9. The summed E-state index contributed by atoms with van der Waals surface area (Å²) in [6, 6.07) is 1.79. The van der Waals surface area contributed by atoms with Crippen molar-refractivity contribution in [2.75, 3.05) is 26.7 Å². The van der Waals surface area contributed by atoms with E-state index in [4.69, 9.17) is 10.4 Å². The van der Waals surface area contributed by atoms with Crippen LogP contribution >= 0.6 is 0 Å². The predicted molar refractivity (Wildman–Crippen MR) is 60.2 cm³/mol. The molecular weight excluding hydrogens is 222 g/mol. The molecule has 6 heteroatoms. The number of nitrogens with zero attached hydrogens (tertiary/aromatic N) is 3. The van der Waals surface area contributed by atoms with Crippen LogP contribution in [0, 0.1) is 17.2 Å². The molecule has 6 nitrogen and oxygen atoms in total.